The summed E-state index contributed by atoms with van der Waals surface area (Å²) in [6.07, 6.45) is 0. The average molecular weight is 279 g/mol. The molecule has 0 unspecified atom stereocenters. The molecule has 1 aliphatic heterocycles. The van der Waals surface area contributed by atoms with Crippen molar-refractivity contribution in [3.63, 3.8) is 0 Å². The van der Waals surface area contributed by atoms with E-state index in [0.717, 1.165) is 0 Å². The lowest BCUT2D eigenvalue weighted by Crippen LogP contribution is -2.52. The molecule has 1 saturated heterocycles. The third-order valence-electron chi connectivity index (χ3n) is 3.28. The molecule has 1 aromatic carbocycles. The molecule has 6 heteroatoms. The van der Waals surface area contributed by atoms with Gasteiger partial charge in [-0.25, -0.2) is 4.39 Å². The molecule has 108 valence electrons. The van der Waals surface area contributed by atoms with Crippen molar-refractivity contribution in [1.82, 2.24) is 10.2 Å². The van der Waals surface area contributed by atoms with Crippen LogP contribution in [0.25, 0.3) is 0 Å². The van der Waals surface area contributed by atoms with E-state index in [4.69, 9.17) is 0 Å². The van der Waals surface area contributed by atoms with Crippen LogP contribution >= 0.6 is 0 Å². The molecule has 1 heterocycles. The van der Waals surface area contributed by atoms with Gasteiger partial charge in [-0.05, 0) is 25.1 Å². The molecule has 1 atom stereocenters. The maximum atomic E-state index is 13.9. The van der Waals surface area contributed by atoms with Crippen molar-refractivity contribution >= 4 is 17.5 Å². The lowest BCUT2D eigenvalue weighted by Gasteiger charge is -2.34. The van der Waals surface area contributed by atoms with E-state index in [0.29, 0.717) is 25.3 Å². The number of benzene rings is 1. The Kier molecular flexibility index (Phi) is 4.34. The Morgan fingerprint density at radius 1 is 1.45 bits per heavy atom. The number of amides is 2. The standard InChI is InChI=1S/C14H18FN3O2/c1-9-8-16-5-6-18(9)14(20)12-7-11(17-10(2)19)3-4-13(12)15/h3-4,7,9,16H,5-6,8H2,1-2H3,(H,17,19)/t9-/m1/s1. The molecule has 2 amide bonds. The number of hydrogen-bond acceptors (Lipinski definition) is 3. The highest BCUT2D eigenvalue weighted by molar-refractivity contribution is 5.97. The Balaban J connectivity index is 2.26. The van der Waals surface area contributed by atoms with Gasteiger partial charge in [0.15, 0.2) is 0 Å². The minimum absolute atomic E-state index is 0.00926. The molecule has 5 nitrogen and oxygen atoms in total. The Morgan fingerprint density at radius 2 is 2.20 bits per heavy atom. The predicted octanol–water partition coefficient (Wildman–Crippen LogP) is 1.22. The van der Waals surface area contributed by atoms with Crippen LogP contribution in [0.1, 0.15) is 24.2 Å². The summed E-state index contributed by atoms with van der Waals surface area (Å²) < 4.78 is 13.9. The van der Waals surface area contributed by atoms with E-state index < -0.39 is 5.82 Å². The largest absolute Gasteiger partial charge is 0.333 e. The van der Waals surface area contributed by atoms with Gasteiger partial charge < -0.3 is 15.5 Å². The van der Waals surface area contributed by atoms with Crippen LogP contribution < -0.4 is 10.6 Å². The first kappa shape index (κ1) is 14.5. The van der Waals surface area contributed by atoms with Crippen molar-refractivity contribution in [2.45, 2.75) is 19.9 Å². The van der Waals surface area contributed by atoms with E-state index in [9.17, 15) is 14.0 Å². The Morgan fingerprint density at radius 3 is 2.85 bits per heavy atom. The van der Waals surface area contributed by atoms with Crippen LogP contribution in [0.3, 0.4) is 0 Å². The summed E-state index contributed by atoms with van der Waals surface area (Å²) in [5, 5.41) is 5.73. The molecule has 1 aliphatic rings. The highest BCUT2D eigenvalue weighted by Gasteiger charge is 2.26. The fourth-order valence-electron chi connectivity index (χ4n) is 2.27. The number of anilines is 1. The lowest BCUT2D eigenvalue weighted by atomic mass is 10.1. The second-order valence-electron chi connectivity index (χ2n) is 4.93. The van der Waals surface area contributed by atoms with Crippen molar-refractivity contribution in [3.05, 3.63) is 29.6 Å². The maximum Gasteiger partial charge on any atom is 0.257 e. The van der Waals surface area contributed by atoms with Crippen molar-refractivity contribution in [2.75, 3.05) is 25.0 Å². The van der Waals surface area contributed by atoms with Gasteiger partial charge in [0.05, 0.1) is 5.56 Å². The summed E-state index contributed by atoms with van der Waals surface area (Å²) in [5.41, 5.74) is 0.412. The summed E-state index contributed by atoms with van der Waals surface area (Å²) >= 11 is 0. The number of halogens is 1. The molecular formula is C14H18FN3O2. The van der Waals surface area contributed by atoms with Crippen LogP contribution in [0.15, 0.2) is 18.2 Å². The van der Waals surface area contributed by atoms with Gasteiger partial charge in [0, 0.05) is 38.3 Å². The first-order valence-corrected chi connectivity index (χ1v) is 6.58. The first-order chi connectivity index (χ1) is 9.49. The quantitative estimate of drug-likeness (QED) is 0.855. The molecule has 0 aromatic heterocycles. The zero-order chi connectivity index (χ0) is 14.7. The summed E-state index contributed by atoms with van der Waals surface area (Å²) in [7, 11) is 0. The molecule has 2 N–H and O–H groups in total. The number of hydrogen-bond donors (Lipinski definition) is 2. The third kappa shape index (κ3) is 3.14. The zero-order valence-corrected chi connectivity index (χ0v) is 11.6. The monoisotopic (exact) mass is 279 g/mol. The fourth-order valence-corrected chi connectivity index (χ4v) is 2.27. The second kappa shape index (κ2) is 6.00. The number of rotatable bonds is 2. The number of nitrogens with one attached hydrogen (secondary N) is 2. The molecule has 0 saturated carbocycles. The molecule has 2 rings (SSSR count). The van der Waals surface area contributed by atoms with E-state index in [2.05, 4.69) is 10.6 Å². The summed E-state index contributed by atoms with van der Waals surface area (Å²) in [5.74, 6) is -1.18. The Hall–Kier alpha value is -1.95. The maximum absolute atomic E-state index is 13.9. The van der Waals surface area contributed by atoms with Crippen LogP contribution in [0.5, 0.6) is 0 Å². The number of nitrogens with zero attached hydrogens (tertiary/aromatic N) is 1. The highest BCUT2D eigenvalue weighted by atomic mass is 19.1. The van der Waals surface area contributed by atoms with Gasteiger partial charge in [0.25, 0.3) is 5.91 Å². The van der Waals surface area contributed by atoms with Crippen molar-refractivity contribution < 1.29 is 14.0 Å². The summed E-state index contributed by atoms with van der Waals surface area (Å²) in [6.45, 7) is 5.22. The van der Waals surface area contributed by atoms with E-state index in [-0.39, 0.29) is 23.4 Å². The van der Waals surface area contributed by atoms with E-state index in [1.807, 2.05) is 6.92 Å². The van der Waals surface area contributed by atoms with E-state index >= 15 is 0 Å². The van der Waals surface area contributed by atoms with Gasteiger partial charge in [0.2, 0.25) is 5.91 Å². The van der Waals surface area contributed by atoms with Crippen molar-refractivity contribution in [2.24, 2.45) is 0 Å². The van der Waals surface area contributed by atoms with E-state index in [1.165, 1.54) is 25.1 Å². The fraction of sp³-hybridized carbons (Fsp3) is 0.429. The summed E-state index contributed by atoms with van der Waals surface area (Å²) in [4.78, 5) is 25.1. The smallest absolute Gasteiger partial charge is 0.257 e. The van der Waals surface area contributed by atoms with Crippen LogP contribution in [-0.4, -0.2) is 42.4 Å². The molecule has 20 heavy (non-hydrogen) atoms. The van der Waals surface area contributed by atoms with E-state index in [1.54, 1.807) is 4.90 Å². The average Bonchev–Trinajstić information content (AvgIpc) is 2.40. The third-order valence-corrected chi connectivity index (χ3v) is 3.28. The van der Waals surface area contributed by atoms with Gasteiger partial charge in [-0.3, -0.25) is 9.59 Å². The first-order valence-electron chi connectivity index (χ1n) is 6.58. The van der Waals surface area contributed by atoms with Crippen molar-refractivity contribution in [1.29, 1.82) is 0 Å². The number of carbonyl (C=O) groups excluding carboxylic acids is 2. The SMILES string of the molecule is CC(=O)Nc1ccc(F)c(C(=O)N2CCNC[C@H]2C)c1. The normalized spacial score (nSPS) is 18.8. The Bertz CT molecular complexity index is 533. The van der Waals surface area contributed by atoms with Crippen LogP contribution in [0.2, 0.25) is 0 Å². The summed E-state index contributed by atoms with van der Waals surface area (Å²) in [6, 6.07) is 4.04. The minimum atomic E-state index is -0.574. The topological polar surface area (TPSA) is 61.4 Å². The molecule has 0 aliphatic carbocycles. The van der Waals surface area contributed by atoms with Gasteiger partial charge >= 0.3 is 0 Å². The van der Waals surface area contributed by atoms with Gasteiger partial charge in [-0.2, -0.15) is 0 Å². The van der Waals surface area contributed by atoms with Crippen molar-refractivity contribution in [3.8, 4) is 0 Å². The highest BCUT2D eigenvalue weighted by Crippen LogP contribution is 2.18. The lowest BCUT2D eigenvalue weighted by molar-refractivity contribution is -0.114. The van der Waals surface area contributed by atoms with Crippen LogP contribution in [0.4, 0.5) is 10.1 Å². The molecular weight excluding hydrogens is 261 g/mol. The molecule has 0 radical (unpaired) electrons. The molecule has 0 bridgehead atoms. The minimum Gasteiger partial charge on any atom is -0.333 e. The molecule has 0 spiro atoms. The number of carbonyl (C=O) groups is 2. The molecule has 1 fully saturated rings. The van der Waals surface area contributed by atoms with Gasteiger partial charge in [0.1, 0.15) is 5.82 Å². The van der Waals surface area contributed by atoms with Gasteiger partial charge in [-0.15, -0.1) is 0 Å². The zero-order valence-electron chi connectivity index (χ0n) is 11.6. The second-order valence-corrected chi connectivity index (χ2v) is 4.93. The van der Waals surface area contributed by atoms with Crippen LogP contribution in [0, 0.1) is 5.82 Å². The Labute approximate surface area is 117 Å². The predicted molar refractivity (Wildman–Crippen MR) is 74.1 cm³/mol. The van der Waals surface area contributed by atoms with Crippen LogP contribution in [-0.2, 0) is 4.79 Å². The molecule has 1 aromatic rings. The van der Waals surface area contributed by atoms with Gasteiger partial charge in [-0.1, -0.05) is 0 Å². The number of piperazine rings is 1.